The quantitative estimate of drug-likeness (QED) is 0.379. The van der Waals surface area contributed by atoms with E-state index in [0.29, 0.717) is 43.7 Å². The Morgan fingerprint density at radius 1 is 1.07 bits per heavy atom. The highest BCUT2D eigenvalue weighted by molar-refractivity contribution is 5.79. The third-order valence-electron chi connectivity index (χ3n) is 3.52. The lowest BCUT2D eigenvalue weighted by Crippen LogP contribution is -2.38. The van der Waals surface area contributed by atoms with Crippen LogP contribution in [-0.4, -0.2) is 44.4 Å². The van der Waals surface area contributed by atoms with Gasteiger partial charge in [-0.1, -0.05) is 18.2 Å². The van der Waals surface area contributed by atoms with Crippen LogP contribution in [0.3, 0.4) is 0 Å². The Bertz CT molecular complexity index is 705. The van der Waals surface area contributed by atoms with Crippen molar-refractivity contribution in [2.75, 3.05) is 33.4 Å². The van der Waals surface area contributed by atoms with Gasteiger partial charge in [-0.15, -0.1) is 0 Å². The molecule has 0 unspecified atom stereocenters. The fourth-order valence-electron chi connectivity index (χ4n) is 2.27. The maximum Gasteiger partial charge on any atom is 0.219 e. The number of nitrogens with zero attached hydrogens (tertiary/aromatic N) is 2. The van der Waals surface area contributed by atoms with E-state index in [9.17, 15) is 0 Å². The molecule has 0 fully saturated rings. The van der Waals surface area contributed by atoms with Crippen molar-refractivity contribution in [3.8, 4) is 17.4 Å². The van der Waals surface area contributed by atoms with Gasteiger partial charge in [0.15, 0.2) is 17.5 Å². The maximum atomic E-state index is 5.84. The minimum Gasteiger partial charge on any atom is -0.490 e. The van der Waals surface area contributed by atoms with Crippen molar-refractivity contribution in [2.45, 2.75) is 20.4 Å². The van der Waals surface area contributed by atoms with Crippen molar-refractivity contribution in [3.05, 3.63) is 48.2 Å². The fourth-order valence-corrected chi connectivity index (χ4v) is 2.27. The van der Waals surface area contributed by atoms with Crippen molar-refractivity contribution in [2.24, 2.45) is 4.99 Å². The zero-order valence-electron chi connectivity index (χ0n) is 16.2. The molecule has 2 aromatic rings. The first-order valence-electron chi connectivity index (χ1n) is 9.12. The molecule has 0 radical (unpaired) electrons. The van der Waals surface area contributed by atoms with Gasteiger partial charge in [-0.3, -0.25) is 0 Å². The Morgan fingerprint density at radius 3 is 2.56 bits per heavy atom. The highest BCUT2D eigenvalue weighted by Gasteiger charge is 2.06. The summed E-state index contributed by atoms with van der Waals surface area (Å²) >= 11 is 0. The molecule has 1 aromatic heterocycles. The molecule has 0 atom stereocenters. The second-order valence-electron chi connectivity index (χ2n) is 5.60. The minimum atomic E-state index is 0.514. The Morgan fingerprint density at radius 2 is 1.89 bits per heavy atom. The SMILES string of the molecule is CCNC(=NCc1ccc(Oc2ccccc2OCC)nc1)NCCOC. The molecule has 0 saturated carbocycles. The summed E-state index contributed by atoms with van der Waals surface area (Å²) in [6.45, 7) is 7.19. The molecule has 2 N–H and O–H groups in total. The van der Waals surface area contributed by atoms with Crippen molar-refractivity contribution in [3.63, 3.8) is 0 Å². The van der Waals surface area contributed by atoms with Gasteiger partial charge in [-0.05, 0) is 31.5 Å². The van der Waals surface area contributed by atoms with Gasteiger partial charge >= 0.3 is 0 Å². The second kappa shape index (κ2) is 11.7. The van der Waals surface area contributed by atoms with Gasteiger partial charge in [0.1, 0.15) is 0 Å². The van der Waals surface area contributed by atoms with E-state index in [0.717, 1.165) is 18.1 Å². The van der Waals surface area contributed by atoms with E-state index >= 15 is 0 Å². The lowest BCUT2D eigenvalue weighted by Gasteiger charge is -2.11. The first-order chi connectivity index (χ1) is 13.3. The summed E-state index contributed by atoms with van der Waals surface area (Å²) in [5, 5.41) is 6.41. The van der Waals surface area contributed by atoms with Gasteiger partial charge in [0, 0.05) is 32.5 Å². The molecular weight excluding hydrogens is 344 g/mol. The van der Waals surface area contributed by atoms with Crippen LogP contribution < -0.4 is 20.1 Å². The monoisotopic (exact) mass is 372 g/mol. The van der Waals surface area contributed by atoms with Crippen LogP contribution >= 0.6 is 0 Å². The molecule has 0 spiro atoms. The van der Waals surface area contributed by atoms with Gasteiger partial charge in [-0.25, -0.2) is 9.98 Å². The molecular formula is C20H28N4O3. The summed E-state index contributed by atoms with van der Waals surface area (Å²) in [5.41, 5.74) is 0.990. The highest BCUT2D eigenvalue weighted by atomic mass is 16.5. The highest BCUT2D eigenvalue weighted by Crippen LogP contribution is 2.30. The second-order valence-corrected chi connectivity index (χ2v) is 5.60. The number of hydrogen-bond acceptors (Lipinski definition) is 5. The van der Waals surface area contributed by atoms with E-state index in [2.05, 4.69) is 20.6 Å². The van der Waals surface area contributed by atoms with Crippen LogP contribution in [0, 0.1) is 0 Å². The largest absolute Gasteiger partial charge is 0.490 e. The van der Waals surface area contributed by atoms with Crippen LogP contribution in [0.4, 0.5) is 0 Å². The smallest absolute Gasteiger partial charge is 0.219 e. The first kappa shape index (κ1) is 20.5. The maximum absolute atomic E-state index is 5.84. The number of benzene rings is 1. The Labute approximate surface area is 160 Å². The number of para-hydroxylation sites is 2. The molecule has 0 amide bonds. The minimum absolute atomic E-state index is 0.514. The molecule has 0 bridgehead atoms. The van der Waals surface area contributed by atoms with Crippen LogP contribution in [0.2, 0.25) is 0 Å². The predicted molar refractivity (Wildman–Crippen MR) is 107 cm³/mol. The molecule has 0 aliphatic heterocycles. The lowest BCUT2D eigenvalue weighted by atomic mass is 10.3. The third kappa shape index (κ3) is 7.15. The summed E-state index contributed by atoms with van der Waals surface area (Å²) in [7, 11) is 1.67. The van der Waals surface area contributed by atoms with Crippen LogP contribution in [0.25, 0.3) is 0 Å². The third-order valence-corrected chi connectivity index (χ3v) is 3.52. The van der Waals surface area contributed by atoms with E-state index in [1.165, 1.54) is 0 Å². The van der Waals surface area contributed by atoms with E-state index < -0.39 is 0 Å². The number of rotatable bonds is 10. The number of methoxy groups -OCH3 is 1. The lowest BCUT2D eigenvalue weighted by molar-refractivity contribution is 0.203. The number of hydrogen-bond donors (Lipinski definition) is 2. The molecule has 2 rings (SSSR count). The summed E-state index contributed by atoms with van der Waals surface area (Å²) < 4.78 is 16.4. The van der Waals surface area contributed by atoms with Crippen LogP contribution in [0.15, 0.2) is 47.6 Å². The number of ether oxygens (including phenoxy) is 3. The number of aromatic nitrogens is 1. The standard InChI is InChI=1S/C20H28N4O3/c1-4-21-20(22-12-13-25-3)24-15-16-10-11-19(23-14-16)27-18-9-7-6-8-17(18)26-5-2/h6-11,14H,4-5,12-13,15H2,1-3H3,(H2,21,22,24). The number of guanidine groups is 1. The molecule has 1 aromatic carbocycles. The molecule has 0 aliphatic rings. The summed E-state index contributed by atoms with van der Waals surface area (Å²) in [5.74, 6) is 2.61. The van der Waals surface area contributed by atoms with Gasteiger partial charge in [0.2, 0.25) is 5.88 Å². The number of aliphatic imine (C=N–C) groups is 1. The number of pyridine rings is 1. The van der Waals surface area contributed by atoms with Crippen molar-refractivity contribution >= 4 is 5.96 Å². The Kier molecular flexibility index (Phi) is 8.92. The summed E-state index contributed by atoms with van der Waals surface area (Å²) in [6, 6.07) is 11.3. The molecule has 27 heavy (non-hydrogen) atoms. The van der Waals surface area contributed by atoms with E-state index in [-0.39, 0.29) is 0 Å². The zero-order valence-corrected chi connectivity index (χ0v) is 16.2. The average Bonchev–Trinajstić information content (AvgIpc) is 2.69. The van der Waals surface area contributed by atoms with Gasteiger partial charge in [0.25, 0.3) is 0 Å². The van der Waals surface area contributed by atoms with Gasteiger partial charge in [-0.2, -0.15) is 0 Å². The van der Waals surface area contributed by atoms with Crippen LogP contribution in [0.1, 0.15) is 19.4 Å². The van der Waals surface area contributed by atoms with Crippen LogP contribution in [-0.2, 0) is 11.3 Å². The molecule has 146 valence electrons. The normalized spacial score (nSPS) is 11.1. The molecule has 7 heteroatoms. The Balaban J connectivity index is 1.97. The van der Waals surface area contributed by atoms with E-state index in [1.54, 1.807) is 13.3 Å². The molecule has 0 saturated heterocycles. The van der Waals surface area contributed by atoms with Crippen molar-refractivity contribution < 1.29 is 14.2 Å². The number of nitrogens with one attached hydrogen (secondary N) is 2. The average molecular weight is 372 g/mol. The molecule has 1 heterocycles. The van der Waals surface area contributed by atoms with Gasteiger partial charge in [0.05, 0.1) is 19.8 Å². The van der Waals surface area contributed by atoms with E-state index in [1.807, 2.05) is 50.2 Å². The summed E-state index contributed by atoms with van der Waals surface area (Å²) in [4.78, 5) is 8.91. The molecule has 7 nitrogen and oxygen atoms in total. The summed E-state index contributed by atoms with van der Waals surface area (Å²) in [6.07, 6.45) is 1.76. The first-order valence-corrected chi connectivity index (χ1v) is 9.12. The van der Waals surface area contributed by atoms with Gasteiger partial charge < -0.3 is 24.8 Å². The molecule has 0 aliphatic carbocycles. The van der Waals surface area contributed by atoms with Crippen molar-refractivity contribution in [1.29, 1.82) is 0 Å². The van der Waals surface area contributed by atoms with E-state index in [4.69, 9.17) is 14.2 Å². The topological polar surface area (TPSA) is 77.0 Å². The fraction of sp³-hybridized carbons (Fsp3) is 0.400. The van der Waals surface area contributed by atoms with Crippen LogP contribution in [0.5, 0.6) is 17.4 Å². The predicted octanol–water partition coefficient (Wildman–Crippen LogP) is 2.97. The Hall–Kier alpha value is -2.80. The zero-order chi connectivity index (χ0) is 19.3. The van der Waals surface area contributed by atoms with Crippen molar-refractivity contribution in [1.82, 2.24) is 15.6 Å².